The van der Waals surface area contributed by atoms with Crippen molar-refractivity contribution in [2.24, 2.45) is 0 Å². The molecule has 2 heterocycles. The molecule has 0 aromatic carbocycles. The number of hydrogen-bond acceptors (Lipinski definition) is 4. The molecule has 2 rings (SSSR count). The maximum absolute atomic E-state index is 12.9. The zero-order valence-electron chi connectivity index (χ0n) is 12.0. The Balaban J connectivity index is 2.38. The highest BCUT2D eigenvalue weighted by Gasteiger charge is 2.37. The van der Waals surface area contributed by atoms with E-state index in [-0.39, 0.29) is 12.1 Å². The zero-order chi connectivity index (χ0) is 14.9. The van der Waals surface area contributed by atoms with Crippen molar-refractivity contribution in [2.45, 2.75) is 50.1 Å². The molecular weight excluding hydrogens is 360 g/mol. The Morgan fingerprint density at radius 1 is 1.50 bits per heavy atom. The number of likely N-dealkylation sites (N-methyl/N-ethyl adjacent to an activating group) is 1. The van der Waals surface area contributed by atoms with Gasteiger partial charge < -0.3 is 5.32 Å². The number of nitrogens with zero attached hydrogens (tertiary/aromatic N) is 1. The molecule has 1 aromatic rings. The lowest BCUT2D eigenvalue weighted by atomic mass is 9.99. The molecule has 2 atom stereocenters. The molecule has 1 aliphatic heterocycles. The fourth-order valence-electron chi connectivity index (χ4n) is 2.73. The second-order valence-corrected chi connectivity index (χ2v) is 9.72. The van der Waals surface area contributed by atoms with Crippen LogP contribution in [0.15, 0.2) is 14.7 Å². The number of aryl methyl sites for hydroxylation is 1. The number of sulfonamides is 1. The summed E-state index contributed by atoms with van der Waals surface area (Å²) in [5, 5.41) is 3.20. The predicted molar refractivity (Wildman–Crippen MR) is 86.8 cm³/mol. The normalized spacial score (nSPS) is 22.9. The van der Waals surface area contributed by atoms with Gasteiger partial charge in [0.2, 0.25) is 10.0 Å². The van der Waals surface area contributed by atoms with Gasteiger partial charge in [0.25, 0.3) is 0 Å². The van der Waals surface area contributed by atoms with Crippen LogP contribution in [0.1, 0.15) is 31.1 Å². The second kappa shape index (κ2) is 6.44. The molecule has 0 spiro atoms. The van der Waals surface area contributed by atoms with Gasteiger partial charge in [-0.3, -0.25) is 0 Å². The van der Waals surface area contributed by atoms with Crippen molar-refractivity contribution in [3.8, 4) is 0 Å². The summed E-state index contributed by atoms with van der Waals surface area (Å²) < 4.78 is 28.4. The third-order valence-corrected chi connectivity index (χ3v) is 7.69. The minimum absolute atomic E-state index is 0.0387. The molecule has 20 heavy (non-hydrogen) atoms. The largest absolute Gasteiger partial charge is 0.316 e. The Labute approximate surface area is 133 Å². The van der Waals surface area contributed by atoms with Crippen LogP contribution in [0.3, 0.4) is 0 Å². The SMILES string of the molecule is CNC(C)C1CCCCN1S(=O)(=O)c1cc(Br)sc1C. The van der Waals surface area contributed by atoms with Crippen LogP contribution in [0.25, 0.3) is 0 Å². The number of rotatable bonds is 4. The lowest BCUT2D eigenvalue weighted by Crippen LogP contribution is -2.52. The molecule has 2 unspecified atom stereocenters. The third-order valence-electron chi connectivity index (χ3n) is 3.96. The average Bonchev–Trinajstić information content (AvgIpc) is 2.77. The molecule has 0 radical (unpaired) electrons. The molecule has 7 heteroatoms. The van der Waals surface area contributed by atoms with E-state index in [9.17, 15) is 8.42 Å². The minimum Gasteiger partial charge on any atom is -0.316 e. The van der Waals surface area contributed by atoms with E-state index in [0.29, 0.717) is 11.4 Å². The van der Waals surface area contributed by atoms with Crippen LogP contribution in [0.5, 0.6) is 0 Å². The molecule has 0 bridgehead atoms. The smallest absolute Gasteiger partial charge is 0.244 e. The van der Waals surface area contributed by atoms with Crippen molar-refractivity contribution >= 4 is 37.3 Å². The summed E-state index contributed by atoms with van der Waals surface area (Å²) in [6.07, 6.45) is 2.96. The van der Waals surface area contributed by atoms with Crippen LogP contribution < -0.4 is 5.32 Å². The van der Waals surface area contributed by atoms with Gasteiger partial charge >= 0.3 is 0 Å². The van der Waals surface area contributed by atoms with Gasteiger partial charge in [0.05, 0.1) is 8.68 Å². The average molecular weight is 381 g/mol. The van der Waals surface area contributed by atoms with Gasteiger partial charge in [-0.1, -0.05) is 6.42 Å². The molecule has 0 saturated carbocycles. The van der Waals surface area contributed by atoms with E-state index < -0.39 is 10.0 Å². The fourth-order valence-corrected chi connectivity index (χ4v) is 6.88. The summed E-state index contributed by atoms with van der Waals surface area (Å²) in [6, 6.07) is 1.93. The van der Waals surface area contributed by atoms with Crippen molar-refractivity contribution < 1.29 is 8.42 Å². The Hall–Kier alpha value is 0.0500. The summed E-state index contributed by atoms with van der Waals surface area (Å²) >= 11 is 4.85. The monoisotopic (exact) mass is 380 g/mol. The number of halogens is 1. The number of nitrogens with one attached hydrogen (secondary N) is 1. The van der Waals surface area contributed by atoms with E-state index in [1.807, 2.05) is 14.0 Å². The van der Waals surface area contributed by atoms with Crippen LogP contribution >= 0.6 is 27.3 Å². The van der Waals surface area contributed by atoms with Crippen molar-refractivity contribution in [3.05, 3.63) is 14.7 Å². The molecule has 0 aliphatic carbocycles. The predicted octanol–water partition coefficient (Wildman–Crippen LogP) is 2.97. The highest BCUT2D eigenvalue weighted by atomic mass is 79.9. The first kappa shape index (κ1) is 16.4. The highest BCUT2D eigenvalue weighted by molar-refractivity contribution is 9.11. The second-order valence-electron chi connectivity index (χ2n) is 5.23. The quantitative estimate of drug-likeness (QED) is 0.873. The van der Waals surface area contributed by atoms with Crippen LogP contribution in [0.2, 0.25) is 0 Å². The van der Waals surface area contributed by atoms with E-state index in [4.69, 9.17) is 0 Å². The molecule has 1 aliphatic rings. The fraction of sp³-hybridized carbons (Fsp3) is 0.692. The summed E-state index contributed by atoms with van der Waals surface area (Å²) in [7, 11) is -1.52. The first-order valence-corrected chi connectivity index (χ1v) is 9.88. The van der Waals surface area contributed by atoms with Crippen molar-refractivity contribution in [3.63, 3.8) is 0 Å². The third kappa shape index (κ3) is 3.11. The maximum Gasteiger partial charge on any atom is 0.244 e. The van der Waals surface area contributed by atoms with Crippen molar-refractivity contribution in [2.75, 3.05) is 13.6 Å². The van der Waals surface area contributed by atoms with Gasteiger partial charge in [-0.2, -0.15) is 4.31 Å². The topological polar surface area (TPSA) is 49.4 Å². The molecule has 1 saturated heterocycles. The van der Waals surface area contributed by atoms with Crippen molar-refractivity contribution in [1.82, 2.24) is 9.62 Å². The molecule has 4 nitrogen and oxygen atoms in total. The summed E-state index contributed by atoms with van der Waals surface area (Å²) in [5.41, 5.74) is 0. The van der Waals surface area contributed by atoms with E-state index >= 15 is 0 Å². The molecule has 1 aromatic heterocycles. The van der Waals surface area contributed by atoms with Gasteiger partial charge in [-0.05, 0) is 55.7 Å². The van der Waals surface area contributed by atoms with Gasteiger partial charge in [-0.15, -0.1) is 11.3 Å². The van der Waals surface area contributed by atoms with Crippen LogP contribution in [0, 0.1) is 6.92 Å². The van der Waals surface area contributed by atoms with Crippen LogP contribution in [-0.2, 0) is 10.0 Å². The number of piperidine rings is 1. The van der Waals surface area contributed by atoms with E-state index in [1.54, 1.807) is 10.4 Å². The molecule has 1 fully saturated rings. The van der Waals surface area contributed by atoms with Gasteiger partial charge in [0.1, 0.15) is 0 Å². The van der Waals surface area contributed by atoms with Crippen LogP contribution in [-0.4, -0.2) is 38.4 Å². The first-order valence-electron chi connectivity index (χ1n) is 6.83. The van der Waals surface area contributed by atoms with Gasteiger partial charge in [-0.25, -0.2) is 8.42 Å². The first-order chi connectivity index (χ1) is 9.37. The highest BCUT2D eigenvalue weighted by Crippen LogP contribution is 2.34. The lowest BCUT2D eigenvalue weighted by molar-refractivity contribution is 0.213. The number of thiophene rings is 1. The maximum atomic E-state index is 12.9. The van der Waals surface area contributed by atoms with E-state index in [1.165, 1.54) is 11.3 Å². The number of hydrogen-bond donors (Lipinski definition) is 1. The summed E-state index contributed by atoms with van der Waals surface area (Å²) in [6.45, 7) is 4.53. The van der Waals surface area contributed by atoms with Crippen molar-refractivity contribution in [1.29, 1.82) is 0 Å². The minimum atomic E-state index is -3.40. The zero-order valence-corrected chi connectivity index (χ0v) is 15.2. The molecule has 0 amide bonds. The standard InChI is InChI=1S/C13H21BrN2O2S2/c1-9(15-3)11-6-4-5-7-16(11)20(17,18)12-8-13(14)19-10(12)2/h8-9,11,15H,4-7H2,1-3H3. The Morgan fingerprint density at radius 2 is 2.20 bits per heavy atom. The Bertz CT molecular complexity index is 571. The summed E-state index contributed by atoms with van der Waals surface area (Å²) in [4.78, 5) is 1.29. The molecular formula is C13H21BrN2O2S2. The Kier molecular flexibility index (Phi) is 5.29. The Morgan fingerprint density at radius 3 is 2.75 bits per heavy atom. The van der Waals surface area contributed by atoms with Gasteiger partial charge in [0, 0.05) is 23.5 Å². The molecule has 1 N–H and O–H groups in total. The summed E-state index contributed by atoms with van der Waals surface area (Å²) in [5.74, 6) is 0. The molecule has 114 valence electrons. The van der Waals surface area contributed by atoms with Gasteiger partial charge in [0.15, 0.2) is 0 Å². The van der Waals surface area contributed by atoms with Crippen LogP contribution in [0.4, 0.5) is 0 Å². The van der Waals surface area contributed by atoms with E-state index in [0.717, 1.165) is 27.9 Å². The van der Waals surface area contributed by atoms with E-state index in [2.05, 4.69) is 28.2 Å². The lowest BCUT2D eigenvalue weighted by Gasteiger charge is -2.38.